The molecule has 0 aliphatic heterocycles. The normalized spacial score (nSPS) is 12.9. The van der Waals surface area contributed by atoms with Gasteiger partial charge in [0.1, 0.15) is 0 Å². The van der Waals surface area contributed by atoms with Crippen LogP contribution in [0, 0.1) is 26.7 Å². The molecule has 1 unspecified atom stereocenters. The predicted molar refractivity (Wildman–Crippen MR) is 82.5 cm³/mol. The summed E-state index contributed by atoms with van der Waals surface area (Å²) in [7, 11) is 0. The lowest BCUT2D eigenvalue weighted by Crippen LogP contribution is -2.13. The van der Waals surface area contributed by atoms with Crippen molar-refractivity contribution in [3.63, 3.8) is 0 Å². The lowest BCUT2D eigenvalue weighted by molar-refractivity contribution is 0.408. The molecule has 3 nitrogen and oxygen atoms in total. The fourth-order valence-electron chi connectivity index (χ4n) is 2.75. The van der Waals surface area contributed by atoms with Gasteiger partial charge in [0, 0.05) is 5.56 Å². The summed E-state index contributed by atoms with van der Waals surface area (Å²) in [6.45, 7) is 10.6. The molecule has 1 atom stereocenters. The number of hydrogen-bond acceptors (Lipinski definition) is 3. The van der Waals surface area contributed by atoms with Crippen molar-refractivity contribution in [3.05, 3.63) is 40.9 Å². The highest BCUT2D eigenvalue weighted by atomic mass is 16.4. The van der Waals surface area contributed by atoms with Crippen LogP contribution in [0.1, 0.15) is 48.9 Å². The smallest absolute Gasteiger partial charge is 0.211 e. The van der Waals surface area contributed by atoms with E-state index < -0.39 is 0 Å². The average Bonchev–Trinajstić information content (AvgIpc) is 2.75. The van der Waals surface area contributed by atoms with E-state index in [-0.39, 0.29) is 6.04 Å². The average molecular weight is 272 g/mol. The molecule has 0 spiro atoms. The Hall–Kier alpha value is -1.61. The Labute approximate surface area is 121 Å². The van der Waals surface area contributed by atoms with E-state index in [4.69, 9.17) is 10.2 Å². The number of aryl methyl sites for hydroxylation is 3. The van der Waals surface area contributed by atoms with Crippen LogP contribution in [0.15, 0.2) is 22.7 Å². The van der Waals surface area contributed by atoms with Gasteiger partial charge in [-0.15, -0.1) is 0 Å². The third kappa shape index (κ3) is 3.10. The molecule has 0 radical (unpaired) electrons. The first-order chi connectivity index (χ1) is 9.38. The van der Waals surface area contributed by atoms with Crippen LogP contribution in [0.25, 0.3) is 11.3 Å². The molecule has 20 heavy (non-hydrogen) atoms. The van der Waals surface area contributed by atoms with Crippen molar-refractivity contribution < 1.29 is 4.42 Å². The molecule has 0 bridgehead atoms. The van der Waals surface area contributed by atoms with Crippen molar-refractivity contribution in [1.82, 2.24) is 4.98 Å². The molecule has 108 valence electrons. The van der Waals surface area contributed by atoms with E-state index in [2.05, 4.69) is 51.7 Å². The Balaban J connectivity index is 2.34. The van der Waals surface area contributed by atoms with Gasteiger partial charge in [0.25, 0.3) is 0 Å². The highest BCUT2D eigenvalue weighted by Gasteiger charge is 2.17. The maximum atomic E-state index is 6.13. The molecule has 2 aromatic rings. The number of oxazole rings is 1. The van der Waals surface area contributed by atoms with Crippen LogP contribution >= 0.6 is 0 Å². The minimum absolute atomic E-state index is 0.130. The summed E-state index contributed by atoms with van der Waals surface area (Å²) >= 11 is 0. The first kappa shape index (κ1) is 14.8. The van der Waals surface area contributed by atoms with E-state index >= 15 is 0 Å². The number of nitrogens with zero attached hydrogens (tertiary/aromatic N) is 1. The second-order valence-electron chi connectivity index (χ2n) is 6.07. The summed E-state index contributed by atoms with van der Waals surface area (Å²) in [5.74, 6) is 1.98. The molecule has 0 aliphatic carbocycles. The summed E-state index contributed by atoms with van der Waals surface area (Å²) in [5, 5.41) is 0. The van der Waals surface area contributed by atoms with E-state index in [0.717, 1.165) is 17.7 Å². The lowest BCUT2D eigenvalue weighted by atomic mass is 9.98. The van der Waals surface area contributed by atoms with Gasteiger partial charge in [-0.05, 0) is 44.2 Å². The van der Waals surface area contributed by atoms with Gasteiger partial charge in [0.05, 0.1) is 12.2 Å². The third-order valence-corrected chi connectivity index (χ3v) is 3.49. The van der Waals surface area contributed by atoms with E-state index in [9.17, 15) is 0 Å². The Morgan fingerprint density at radius 1 is 1.15 bits per heavy atom. The van der Waals surface area contributed by atoms with Gasteiger partial charge in [0.2, 0.25) is 5.89 Å². The summed E-state index contributed by atoms with van der Waals surface area (Å²) in [4.78, 5) is 4.36. The molecule has 0 amide bonds. The van der Waals surface area contributed by atoms with Crippen LogP contribution in [0.2, 0.25) is 0 Å². The molecule has 2 rings (SSSR count). The van der Waals surface area contributed by atoms with Gasteiger partial charge < -0.3 is 10.2 Å². The van der Waals surface area contributed by atoms with Crippen LogP contribution in [0.4, 0.5) is 0 Å². The van der Waals surface area contributed by atoms with Crippen molar-refractivity contribution in [1.29, 1.82) is 0 Å². The molecule has 3 heteroatoms. The number of aromatic nitrogens is 1. The van der Waals surface area contributed by atoms with Crippen molar-refractivity contribution in [2.45, 2.75) is 47.1 Å². The van der Waals surface area contributed by atoms with Crippen molar-refractivity contribution in [2.24, 2.45) is 11.7 Å². The fraction of sp³-hybridized carbons (Fsp3) is 0.471. The zero-order valence-electron chi connectivity index (χ0n) is 13.0. The largest absolute Gasteiger partial charge is 0.439 e. The predicted octanol–water partition coefficient (Wildman–Crippen LogP) is 4.31. The van der Waals surface area contributed by atoms with Gasteiger partial charge in [-0.2, -0.15) is 0 Å². The van der Waals surface area contributed by atoms with Crippen molar-refractivity contribution >= 4 is 0 Å². The zero-order valence-corrected chi connectivity index (χ0v) is 13.0. The van der Waals surface area contributed by atoms with Crippen LogP contribution < -0.4 is 5.73 Å². The molecule has 0 saturated heterocycles. The molecule has 0 aliphatic rings. The summed E-state index contributed by atoms with van der Waals surface area (Å²) in [5.41, 5.74) is 10.9. The minimum Gasteiger partial charge on any atom is -0.439 e. The molecule has 1 aromatic heterocycles. The van der Waals surface area contributed by atoms with E-state index in [0.29, 0.717) is 11.8 Å². The third-order valence-electron chi connectivity index (χ3n) is 3.49. The lowest BCUT2D eigenvalue weighted by Gasteiger charge is -2.11. The first-order valence-electron chi connectivity index (χ1n) is 7.18. The molecule has 1 heterocycles. The molecule has 2 N–H and O–H groups in total. The second kappa shape index (κ2) is 5.80. The number of benzene rings is 1. The number of hydrogen-bond donors (Lipinski definition) is 1. The zero-order chi connectivity index (χ0) is 14.9. The fourth-order valence-corrected chi connectivity index (χ4v) is 2.75. The Bertz CT molecular complexity index is 576. The van der Waals surface area contributed by atoms with Crippen molar-refractivity contribution in [2.75, 3.05) is 0 Å². The van der Waals surface area contributed by atoms with Gasteiger partial charge in [-0.1, -0.05) is 31.5 Å². The molecular weight excluding hydrogens is 248 g/mol. The summed E-state index contributed by atoms with van der Waals surface area (Å²) in [6.07, 6.45) is 2.67. The van der Waals surface area contributed by atoms with E-state index in [1.807, 2.05) is 0 Å². The van der Waals surface area contributed by atoms with Crippen LogP contribution in [0.5, 0.6) is 0 Å². The van der Waals surface area contributed by atoms with Crippen LogP contribution in [0.3, 0.4) is 0 Å². The Morgan fingerprint density at radius 3 is 2.30 bits per heavy atom. The number of rotatable bonds is 4. The van der Waals surface area contributed by atoms with Crippen LogP contribution in [-0.2, 0) is 0 Å². The maximum Gasteiger partial charge on any atom is 0.211 e. The highest BCUT2D eigenvalue weighted by molar-refractivity contribution is 5.66. The second-order valence-corrected chi connectivity index (χ2v) is 6.07. The minimum atomic E-state index is -0.130. The van der Waals surface area contributed by atoms with Gasteiger partial charge in [-0.25, -0.2) is 4.98 Å². The topological polar surface area (TPSA) is 52.0 Å². The first-order valence-corrected chi connectivity index (χ1v) is 7.18. The molecule has 0 fully saturated rings. The Kier molecular flexibility index (Phi) is 4.29. The number of nitrogens with two attached hydrogens (primary N) is 1. The standard InChI is InChI=1S/C17H24N2O/c1-10(2)6-14(18)17-19-9-15(20-17)16-12(4)7-11(3)8-13(16)5/h7-10,14H,6,18H2,1-5H3. The maximum absolute atomic E-state index is 6.13. The van der Waals surface area contributed by atoms with Gasteiger partial charge in [0.15, 0.2) is 5.76 Å². The molecule has 1 aromatic carbocycles. The van der Waals surface area contributed by atoms with E-state index in [1.165, 1.54) is 16.7 Å². The van der Waals surface area contributed by atoms with Gasteiger partial charge in [-0.3, -0.25) is 0 Å². The molecule has 0 saturated carbocycles. The highest BCUT2D eigenvalue weighted by Crippen LogP contribution is 2.30. The quantitative estimate of drug-likeness (QED) is 0.902. The van der Waals surface area contributed by atoms with Crippen molar-refractivity contribution in [3.8, 4) is 11.3 Å². The monoisotopic (exact) mass is 272 g/mol. The molecular formula is C17H24N2O. The summed E-state index contributed by atoms with van der Waals surface area (Å²) < 4.78 is 5.90. The van der Waals surface area contributed by atoms with Crippen LogP contribution in [-0.4, -0.2) is 4.98 Å². The Morgan fingerprint density at radius 2 is 1.75 bits per heavy atom. The van der Waals surface area contributed by atoms with E-state index in [1.54, 1.807) is 6.20 Å². The van der Waals surface area contributed by atoms with Gasteiger partial charge >= 0.3 is 0 Å². The SMILES string of the molecule is Cc1cc(C)c(-c2cnc(C(N)CC(C)C)o2)c(C)c1. The summed E-state index contributed by atoms with van der Waals surface area (Å²) in [6, 6.07) is 4.20.